The molecule has 2 rings (SSSR count). The normalized spacial score (nSPS) is 15.5. The highest BCUT2D eigenvalue weighted by molar-refractivity contribution is 6.30. The Labute approximate surface area is 107 Å². The van der Waals surface area contributed by atoms with Crippen LogP contribution in [0.3, 0.4) is 0 Å². The highest BCUT2D eigenvalue weighted by Crippen LogP contribution is 2.18. The van der Waals surface area contributed by atoms with E-state index in [1.807, 2.05) is 7.05 Å². The lowest BCUT2D eigenvalue weighted by molar-refractivity contribution is 0.318. The Morgan fingerprint density at radius 1 is 1.47 bits per heavy atom. The van der Waals surface area contributed by atoms with Gasteiger partial charge in [-0.2, -0.15) is 0 Å². The molecular weight excluding hydrogens is 239 g/mol. The van der Waals surface area contributed by atoms with Crippen molar-refractivity contribution in [3.63, 3.8) is 0 Å². The fraction of sp³-hybridized carbons (Fsp3) is 0.538. The first-order valence-corrected chi connectivity index (χ1v) is 6.39. The summed E-state index contributed by atoms with van der Waals surface area (Å²) in [6.45, 7) is 2.52. The molecule has 1 aliphatic rings. The van der Waals surface area contributed by atoms with Crippen LogP contribution in [0.1, 0.15) is 18.4 Å². The van der Waals surface area contributed by atoms with Crippen LogP contribution in [0.5, 0.6) is 0 Å². The second-order valence-electron chi connectivity index (χ2n) is 4.70. The summed E-state index contributed by atoms with van der Waals surface area (Å²) >= 11 is 5.72. The molecule has 0 amide bonds. The number of hydrogen-bond acceptors (Lipinski definition) is 2. The Hall–Kier alpha value is -0.640. The smallest absolute Gasteiger partial charge is 0.129 e. The first kappa shape index (κ1) is 12.8. The topological polar surface area (TPSA) is 15.3 Å². The molecule has 1 aromatic rings. The van der Waals surface area contributed by atoms with E-state index in [9.17, 15) is 4.39 Å². The first-order chi connectivity index (χ1) is 8.15. The van der Waals surface area contributed by atoms with Crippen molar-refractivity contribution < 1.29 is 4.39 Å². The number of benzene rings is 1. The standard InChI is InChI=1S/C13H18ClFN2/c1-17(7-6-16-12-4-5-12)9-10-2-3-11(14)8-13(10)15/h2-3,8,12,16H,4-7,9H2,1H3. The van der Waals surface area contributed by atoms with E-state index in [-0.39, 0.29) is 5.82 Å². The molecule has 1 saturated carbocycles. The first-order valence-electron chi connectivity index (χ1n) is 6.01. The number of nitrogens with zero attached hydrogens (tertiary/aromatic N) is 1. The molecule has 17 heavy (non-hydrogen) atoms. The van der Waals surface area contributed by atoms with Crippen molar-refractivity contribution in [2.75, 3.05) is 20.1 Å². The molecule has 0 heterocycles. The molecule has 1 N–H and O–H groups in total. The van der Waals surface area contributed by atoms with Crippen LogP contribution in [0.4, 0.5) is 4.39 Å². The third kappa shape index (κ3) is 4.26. The van der Waals surface area contributed by atoms with E-state index in [2.05, 4.69) is 10.2 Å². The van der Waals surface area contributed by atoms with Crippen LogP contribution in [-0.4, -0.2) is 31.1 Å². The highest BCUT2D eigenvalue weighted by Gasteiger charge is 2.19. The SMILES string of the molecule is CN(CCNC1CC1)Cc1ccc(Cl)cc1F. The van der Waals surface area contributed by atoms with Crippen LogP contribution in [0, 0.1) is 5.82 Å². The maximum atomic E-state index is 13.5. The largest absolute Gasteiger partial charge is 0.313 e. The number of likely N-dealkylation sites (N-methyl/N-ethyl adjacent to an activating group) is 1. The summed E-state index contributed by atoms with van der Waals surface area (Å²) < 4.78 is 13.5. The van der Waals surface area contributed by atoms with E-state index in [0.29, 0.717) is 17.1 Å². The zero-order valence-electron chi connectivity index (χ0n) is 10.0. The summed E-state index contributed by atoms with van der Waals surface area (Å²) in [4.78, 5) is 2.11. The van der Waals surface area contributed by atoms with Crippen LogP contribution >= 0.6 is 11.6 Å². The number of rotatable bonds is 6. The molecule has 0 aliphatic heterocycles. The van der Waals surface area contributed by atoms with E-state index in [1.165, 1.54) is 18.9 Å². The molecule has 4 heteroatoms. The van der Waals surface area contributed by atoms with Gasteiger partial charge in [-0.25, -0.2) is 4.39 Å². The summed E-state index contributed by atoms with van der Waals surface area (Å²) in [6.07, 6.45) is 2.60. The Morgan fingerprint density at radius 2 is 2.24 bits per heavy atom. The molecule has 0 aromatic heterocycles. The lowest BCUT2D eigenvalue weighted by Gasteiger charge is -2.17. The van der Waals surface area contributed by atoms with E-state index in [1.54, 1.807) is 12.1 Å². The van der Waals surface area contributed by atoms with Gasteiger partial charge in [-0.15, -0.1) is 0 Å². The molecule has 1 fully saturated rings. The summed E-state index contributed by atoms with van der Waals surface area (Å²) in [7, 11) is 2.00. The molecule has 0 unspecified atom stereocenters. The predicted octanol–water partition coefficient (Wildman–Crippen LogP) is 2.66. The highest BCUT2D eigenvalue weighted by atomic mass is 35.5. The van der Waals surface area contributed by atoms with Crippen molar-refractivity contribution >= 4 is 11.6 Å². The minimum absolute atomic E-state index is 0.223. The summed E-state index contributed by atoms with van der Waals surface area (Å²) in [5, 5.41) is 3.89. The maximum absolute atomic E-state index is 13.5. The average molecular weight is 257 g/mol. The van der Waals surface area contributed by atoms with E-state index < -0.39 is 0 Å². The van der Waals surface area contributed by atoms with Gasteiger partial charge in [-0.3, -0.25) is 0 Å². The third-order valence-electron chi connectivity index (χ3n) is 2.96. The lowest BCUT2D eigenvalue weighted by Crippen LogP contribution is -2.30. The van der Waals surface area contributed by atoms with Crippen molar-refractivity contribution in [3.05, 3.63) is 34.6 Å². The predicted molar refractivity (Wildman–Crippen MR) is 68.8 cm³/mol. The molecule has 0 radical (unpaired) electrons. The van der Waals surface area contributed by atoms with Gasteiger partial charge in [0.15, 0.2) is 0 Å². The minimum atomic E-state index is -0.223. The van der Waals surface area contributed by atoms with Gasteiger partial charge >= 0.3 is 0 Å². The number of halogens is 2. The average Bonchev–Trinajstić information content (AvgIpc) is 3.06. The van der Waals surface area contributed by atoms with Crippen molar-refractivity contribution in [2.24, 2.45) is 0 Å². The van der Waals surface area contributed by atoms with Gasteiger partial charge in [0.1, 0.15) is 5.82 Å². The number of hydrogen-bond donors (Lipinski definition) is 1. The van der Waals surface area contributed by atoms with E-state index in [4.69, 9.17) is 11.6 Å². The zero-order chi connectivity index (χ0) is 12.3. The molecule has 94 valence electrons. The summed E-state index contributed by atoms with van der Waals surface area (Å²) in [5.74, 6) is -0.223. The third-order valence-corrected chi connectivity index (χ3v) is 3.19. The Morgan fingerprint density at radius 3 is 2.88 bits per heavy atom. The molecule has 0 bridgehead atoms. The fourth-order valence-electron chi connectivity index (χ4n) is 1.77. The molecule has 1 aromatic carbocycles. The van der Waals surface area contributed by atoms with Crippen LogP contribution in [0.25, 0.3) is 0 Å². The Bertz CT molecular complexity index is 380. The van der Waals surface area contributed by atoms with Crippen LogP contribution in [-0.2, 0) is 6.54 Å². The molecule has 2 nitrogen and oxygen atoms in total. The lowest BCUT2D eigenvalue weighted by atomic mass is 10.2. The van der Waals surface area contributed by atoms with E-state index >= 15 is 0 Å². The van der Waals surface area contributed by atoms with Crippen LogP contribution in [0.15, 0.2) is 18.2 Å². The van der Waals surface area contributed by atoms with Gasteiger partial charge in [0.2, 0.25) is 0 Å². The van der Waals surface area contributed by atoms with Crippen molar-refractivity contribution in [1.29, 1.82) is 0 Å². The van der Waals surface area contributed by atoms with Gasteiger partial charge in [0, 0.05) is 36.3 Å². The van der Waals surface area contributed by atoms with Crippen molar-refractivity contribution in [1.82, 2.24) is 10.2 Å². The summed E-state index contributed by atoms with van der Waals surface area (Å²) in [6, 6.07) is 5.59. The van der Waals surface area contributed by atoms with Gasteiger partial charge < -0.3 is 10.2 Å². The maximum Gasteiger partial charge on any atom is 0.129 e. The fourth-order valence-corrected chi connectivity index (χ4v) is 1.93. The quantitative estimate of drug-likeness (QED) is 0.842. The van der Waals surface area contributed by atoms with Crippen molar-refractivity contribution in [2.45, 2.75) is 25.4 Å². The van der Waals surface area contributed by atoms with Gasteiger partial charge in [-0.1, -0.05) is 17.7 Å². The second-order valence-corrected chi connectivity index (χ2v) is 5.14. The minimum Gasteiger partial charge on any atom is -0.313 e. The Balaban J connectivity index is 1.77. The summed E-state index contributed by atoms with van der Waals surface area (Å²) in [5.41, 5.74) is 0.698. The second kappa shape index (κ2) is 5.80. The van der Waals surface area contributed by atoms with Gasteiger partial charge in [-0.05, 0) is 32.0 Å². The van der Waals surface area contributed by atoms with Crippen LogP contribution < -0.4 is 5.32 Å². The van der Waals surface area contributed by atoms with E-state index in [0.717, 1.165) is 19.1 Å². The molecule has 1 aliphatic carbocycles. The van der Waals surface area contributed by atoms with Crippen molar-refractivity contribution in [3.8, 4) is 0 Å². The molecule has 0 saturated heterocycles. The monoisotopic (exact) mass is 256 g/mol. The molecule has 0 atom stereocenters. The number of nitrogens with one attached hydrogen (secondary N) is 1. The van der Waals surface area contributed by atoms with Gasteiger partial charge in [0.25, 0.3) is 0 Å². The zero-order valence-corrected chi connectivity index (χ0v) is 10.8. The van der Waals surface area contributed by atoms with Crippen LogP contribution in [0.2, 0.25) is 5.02 Å². The Kier molecular flexibility index (Phi) is 4.37. The molecular formula is C13H18ClFN2. The van der Waals surface area contributed by atoms with Gasteiger partial charge in [0.05, 0.1) is 0 Å². The molecule has 0 spiro atoms.